The predicted molar refractivity (Wildman–Crippen MR) is 102 cm³/mol. The van der Waals surface area contributed by atoms with Gasteiger partial charge in [0.15, 0.2) is 0 Å². The second kappa shape index (κ2) is 6.29. The molecule has 4 rings (SSSR count). The third-order valence-corrected chi connectivity index (χ3v) is 5.52. The first-order chi connectivity index (χ1) is 12.5. The second-order valence-electron chi connectivity index (χ2n) is 7.21. The van der Waals surface area contributed by atoms with Gasteiger partial charge >= 0.3 is 0 Å². The van der Waals surface area contributed by atoms with Gasteiger partial charge in [-0.25, -0.2) is 0 Å². The molecule has 4 heteroatoms. The maximum Gasteiger partial charge on any atom is 0.256 e. The van der Waals surface area contributed by atoms with Gasteiger partial charge in [0.2, 0.25) is 0 Å². The first-order valence-corrected chi connectivity index (χ1v) is 9.03. The summed E-state index contributed by atoms with van der Waals surface area (Å²) in [7, 11) is 0. The van der Waals surface area contributed by atoms with Gasteiger partial charge in [0.1, 0.15) is 11.3 Å². The van der Waals surface area contributed by atoms with Crippen LogP contribution in [0.15, 0.2) is 48.2 Å². The van der Waals surface area contributed by atoms with Crippen molar-refractivity contribution in [3.63, 3.8) is 0 Å². The summed E-state index contributed by atoms with van der Waals surface area (Å²) >= 11 is 0. The maximum absolute atomic E-state index is 12.8. The minimum atomic E-state index is -0.772. The third kappa shape index (κ3) is 2.53. The number of nitrogens with one attached hydrogen (secondary N) is 1. The van der Waals surface area contributed by atoms with Crippen LogP contribution in [0.5, 0.6) is 0 Å². The molecule has 1 spiro atoms. The van der Waals surface area contributed by atoms with E-state index in [2.05, 4.69) is 23.5 Å². The largest absolute Gasteiger partial charge is 0.509 e. The fraction of sp³-hybridized carbons (Fsp3) is 0.318. The molecule has 0 saturated carbocycles. The fourth-order valence-electron chi connectivity index (χ4n) is 4.16. The van der Waals surface area contributed by atoms with Crippen molar-refractivity contribution in [2.45, 2.75) is 32.2 Å². The summed E-state index contributed by atoms with van der Waals surface area (Å²) in [6, 6.07) is 14.2. The molecule has 0 bridgehead atoms. The van der Waals surface area contributed by atoms with E-state index in [-0.39, 0.29) is 11.7 Å². The first-order valence-electron chi connectivity index (χ1n) is 9.03. The number of ether oxygens (including phenoxy) is 1. The highest BCUT2D eigenvalue weighted by Crippen LogP contribution is 2.40. The number of aliphatic hydroxyl groups excluding tert-OH is 1. The topological polar surface area (TPSA) is 58.6 Å². The van der Waals surface area contributed by atoms with Crippen LogP contribution < -0.4 is 5.32 Å². The first kappa shape index (κ1) is 16.9. The minimum Gasteiger partial charge on any atom is -0.509 e. The number of benzene rings is 2. The van der Waals surface area contributed by atoms with E-state index >= 15 is 0 Å². The van der Waals surface area contributed by atoms with Gasteiger partial charge in [0.25, 0.3) is 5.91 Å². The van der Waals surface area contributed by atoms with Crippen LogP contribution in [0.2, 0.25) is 0 Å². The zero-order valence-corrected chi connectivity index (χ0v) is 15.1. The van der Waals surface area contributed by atoms with E-state index in [0.717, 1.165) is 34.2 Å². The Kier molecular flexibility index (Phi) is 4.08. The lowest BCUT2D eigenvalue weighted by Gasteiger charge is -2.33. The highest BCUT2D eigenvalue weighted by atomic mass is 16.5. The molecule has 2 aliphatic heterocycles. The molecule has 26 heavy (non-hydrogen) atoms. The molecular weight excluding hydrogens is 326 g/mol. The number of amides is 1. The van der Waals surface area contributed by atoms with Crippen molar-refractivity contribution in [1.29, 1.82) is 0 Å². The summed E-state index contributed by atoms with van der Waals surface area (Å²) < 4.78 is 5.55. The monoisotopic (exact) mass is 349 g/mol. The van der Waals surface area contributed by atoms with Crippen LogP contribution in [0.3, 0.4) is 0 Å². The third-order valence-electron chi connectivity index (χ3n) is 5.52. The summed E-state index contributed by atoms with van der Waals surface area (Å²) in [6.45, 7) is 4.99. The van der Waals surface area contributed by atoms with Crippen LogP contribution in [-0.4, -0.2) is 29.8 Å². The Morgan fingerprint density at radius 3 is 2.58 bits per heavy atom. The maximum atomic E-state index is 12.8. The zero-order chi connectivity index (χ0) is 18.3. The SMILES string of the molecule is Cc1ccc(-c2ccccc2)c(C)c1C1=C(O)C2(CCCOC2)NC1=O. The molecule has 1 fully saturated rings. The van der Waals surface area contributed by atoms with Gasteiger partial charge < -0.3 is 15.2 Å². The van der Waals surface area contributed by atoms with Gasteiger partial charge in [-0.15, -0.1) is 0 Å². The van der Waals surface area contributed by atoms with Crippen molar-refractivity contribution in [2.24, 2.45) is 0 Å². The predicted octanol–water partition coefficient (Wildman–Crippen LogP) is 3.92. The average molecular weight is 349 g/mol. The molecule has 1 unspecified atom stereocenters. The number of carbonyl (C=O) groups excluding carboxylic acids is 1. The van der Waals surface area contributed by atoms with Crippen molar-refractivity contribution in [3.05, 3.63) is 64.9 Å². The highest BCUT2D eigenvalue weighted by molar-refractivity contribution is 6.24. The summed E-state index contributed by atoms with van der Waals surface area (Å²) in [5, 5.41) is 14.0. The number of hydrogen-bond acceptors (Lipinski definition) is 3. The lowest BCUT2D eigenvalue weighted by atomic mass is 9.86. The lowest BCUT2D eigenvalue weighted by Crippen LogP contribution is -2.50. The fourth-order valence-corrected chi connectivity index (χ4v) is 4.16. The smallest absolute Gasteiger partial charge is 0.256 e. The Hall–Kier alpha value is -2.59. The molecule has 1 amide bonds. The van der Waals surface area contributed by atoms with Gasteiger partial charge in [0, 0.05) is 6.61 Å². The van der Waals surface area contributed by atoms with Crippen LogP contribution in [-0.2, 0) is 9.53 Å². The molecule has 1 saturated heterocycles. The van der Waals surface area contributed by atoms with Crippen LogP contribution >= 0.6 is 0 Å². The summed E-state index contributed by atoms with van der Waals surface area (Å²) in [5.74, 6) is -0.0944. The van der Waals surface area contributed by atoms with Crippen molar-refractivity contribution in [1.82, 2.24) is 5.32 Å². The van der Waals surface area contributed by atoms with E-state index in [9.17, 15) is 9.90 Å². The molecule has 2 N–H and O–H groups in total. The molecule has 1 atom stereocenters. The Morgan fingerprint density at radius 1 is 1.12 bits per heavy atom. The van der Waals surface area contributed by atoms with Crippen LogP contribution in [0.4, 0.5) is 0 Å². The van der Waals surface area contributed by atoms with Crippen LogP contribution in [0, 0.1) is 13.8 Å². The van der Waals surface area contributed by atoms with Gasteiger partial charge in [-0.3, -0.25) is 4.79 Å². The van der Waals surface area contributed by atoms with E-state index in [4.69, 9.17) is 4.74 Å². The van der Waals surface area contributed by atoms with Gasteiger partial charge in [0.05, 0.1) is 12.2 Å². The number of rotatable bonds is 2. The molecule has 0 aromatic heterocycles. The Morgan fingerprint density at radius 2 is 1.88 bits per heavy atom. The van der Waals surface area contributed by atoms with E-state index in [1.54, 1.807) is 0 Å². The normalized spacial score (nSPS) is 22.8. The molecule has 2 aromatic rings. The van der Waals surface area contributed by atoms with Crippen LogP contribution in [0.1, 0.15) is 29.5 Å². The Labute approximate surface area is 153 Å². The average Bonchev–Trinajstić information content (AvgIpc) is 2.87. The van der Waals surface area contributed by atoms with Gasteiger partial charge in [-0.1, -0.05) is 42.5 Å². The molecule has 2 aliphatic rings. The van der Waals surface area contributed by atoms with Gasteiger partial charge in [-0.05, 0) is 54.5 Å². The van der Waals surface area contributed by atoms with Crippen molar-refractivity contribution in [3.8, 4) is 11.1 Å². The summed E-state index contributed by atoms with van der Waals surface area (Å²) in [4.78, 5) is 12.8. The number of aliphatic hydroxyl groups is 1. The molecule has 0 aliphatic carbocycles. The van der Waals surface area contributed by atoms with E-state index < -0.39 is 5.54 Å². The second-order valence-corrected chi connectivity index (χ2v) is 7.21. The standard InChI is InChI=1S/C22H23NO3/c1-14-9-10-17(16-7-4-3-5-8-16)15(2)18(14)19-20(24)22(23-21(19)25)11-6-12-26-13-22/h3-5,7-10,24H,6,11-13H2,1-2H3,(H,23,25). The van der Waals surface area contributed by atoms with Crippen LogP contribution in [0.25, 0.3) is 16.7 Å². The highest BCUT2D eigenvalue weighted by Gasteiger charge is 2.47. The molecule has 134 valence electrons. The Bertz CT molecular complexity index is 893. The minimum absolute atomic E-state index is 0.124. The Balaban J connectivity index is 1.89. The molecule has 4 nitrogen and oxygen atoms in total. The quantitative estimate of drug-likeness (QED) is 0.864. The lowest BCUT2D eigenvalue weighted by molar-refractivity contribution is -0.117. The van der Waals surface area contributed by atoms with E-state index in [1.165, 1.54) is 0 Å². The van der Waals surface area contributed by atoms with Crippen molar-refractivity contribution < 1.29 is 14.6 Å². The number of aryl methyl sites for hydroxylation is 1. The molecule has 2 aromatic carbocycles. The van der Waals surface area contributed by atoms with Crippen molar-refractivity contribution in [2.75, 3.05) is 13.2 Å². The summed E-state index contributed by atoms with van der Waals surface area (Å²) in [5.41, 5.74) is 4.59. The number of hydrogen-bond donors (Lipinski definition) is 2. The molecular formula is C22H23NO3. The molecule has 2 heterocycles. The summed E-state index contributed by atoms with van der Waals surface area (Å²) in [6.07, 6.45) is 1.52. The van der Waals surface area contributed by atoms with E-state index in [1.807, 2.05) is 38.1 Å². The van der Waals surface area contributed by atoms with Gasteiger partial charge in [-0.2, -0.15) is 0 Å². The van der Waals surface area contributed by atoms with Crippen molar-refractivity contribution >= 4 is 11.5 Å². The molecule has 0 radical (unpaired) electrons. The zero-order valence-electron chi connectivity index (χ0n) is 15.1. The number of carbonyl (C=O) groups is 1. The van der Waals surface area contributed by atoms with E-state index in [0.29, 0.717) is 25.2 Å².